The smallest absolute Gasteiger partial charge is 0.220 e. The van der Waals surface area contributed by atoms with Crippen LogP contribution in [0.5, 0.6) is 0 Å². The molecule has 16 heteroatoms. The number of nitrogens with one attached hydrogen (secondary N) is 2. The Hall–Kier alpha value is -2.12. The van der Waals surface area contributed by atoms with Crippen molar-refractivity contribution >= 4 is 23.9 Å². The number of ketones is 1. The summed E-state index contributed by atoms with van der Waals surface area (Å²) in [7, 11) is 0. The second kappa shape index (κ2) is 20.9. The fourth-order valence-corrected chi connectivity index (χ4v) is 4.91. The number of aliphatic hydroxyl groups is 6. The average molecular weight is 651 g/mol. The molecule has 0 spiro atoms. The molecular weight excluding hydrogens is 600 g/mol. The zero-order valence-corrected chi connectivity index (χ0v) is 25.7. The quantitative estimate of drug-likeness (QED) is 0.0475. The number of carbonyl (C=O) groups is 4. The van der Waals surface area contributed by atoms with Gasteiger partial charge in [-0.25, -0.2) is 0 Å². The van der Waals surface area contributed by atoms with Gasteiger partial charge in [-0.1, -0.05) is 0 Å². The van der Waals surface area contributed by atoms with Gasteiger partial charge in [0, 0.05) is 39.0 Å². The highest BCUT2D eigenvalue weighted by Crippen LogP contribution is 2.22. The SMILES string of the molecule is CC(=O)[C@H](CCCCNC(=O)CCCCOC1OC(C=O)CC(O)C1O)NC(=O)CCCCOC1OC(CO)C(O)C(O)C1O. The minimum atomic E-state index is -1.53. The number of ether oxygens (including phenoxy) is 4. The monoisotopic (exact) mass is 650 g/mol. The second-order valence-electron chi connectivity index (χ2n) is 11.4. The minimum absolute atomic E-state index is 0.00644. The molecule has 2 aliphatic rings. The van der Waals surface area contributed by atoms with Gasteiger partial charge in [-0.3, -0.25) is 14.4 Å². The highest BCUT2D eigenvalue weighted by atomic mass is 16.7. The molecule has 9 unspecified atom stereocenters. The standard InChI is InChI=1S/C29H50N2O14/c1-17(34)19(31-23(37)10-4-7-13-43-29-27(41)26(40)25(39)21(16-33)45-29)8-2-5-11-30-22(36)9-3-6-12-42-28-24(38)20(35)14-18(15-32)44-28/h15,18-21,24-29,33,35,38-41H,2-14,16H2,1H3,(H,30,36)(H,31,37)/t18?,19-,20?,21?,24?,25?,26?,27?,28?,29?/m0/s1. The molecule has 2 amide bonds. The summed E-state index contributed by atoms with van der Waals surface area (Å²) < 4.78 is 21.4. The molecule has 2 heterocycles. The van der Waals surface area contributed by atoms with E-state index in [1.165, 1.54) is 6.92 Å². The Balaban J connectivity index is 1.51. The molecule has 2 rings (SSSR count). The van der Waals surface area contributed by atoms with E-state index in [4.69, 9.17) is 18.9 Å². The number of amides is 2. The van der Waals surface area contributed by atoms with E-state index in [2.05, 4.69) is 10.6 Å². The molecule has 0 bridgehead atoms. The first-order valence-corrected chi connectivity index (χ1v) is 15.6. The fraction of sp³-hybridized carbons (Fsp3) is 0.862. The van der Waals surface area contributed by atoms with Gasteiger partial charge in [0.05, 0.1) is 18.8 Å². The van der Waals surface area contributed by atoms with E-state index in [0.29, 0.717) is 57.8 Å². The molecule has 10 atom stereocenters. The van der Waals surface area contributed by atoms with Crippen molar-refractivity contribution in [3.05, 3.63) is 0 Å². The first-order chi connectivity index (χ1) is 21.5. The Bertz CT molecular complexity index is 908. The van der Waals surface area contributed by atoms with Crippen LogP contribution in [0.25, 0.3) is 0 Å². The zero-order valence-electron chi connectivity index (χ0n) is 25.7. The second-order valence-corrected chi connectivity index (χ2v) is 11.4. The molecule has 2 saturated heterocycles. The number of hydrogen-bond donors (Lipinski definition) is 8. The summed E-state index contributed by atoms with van der Waals surface area (Å²) in [5.41, 5.74) is 0. The van der Waals surface area contributed by atoms with E-state index in [1.54, 1.807) is 0 Å². The molecule has 2 fully saturated rings. The molecule has 0 aliphatic carbocycles. The normalized spacial score (nSPS) is 30.8. The molecule has 2 aliphatic heterocycles. The van der Waals surface area contributed by atoms with Gasteiger partial charge < -0.3 is 65.0 Å². The average Bonchev–Trinajstić information content (AvgIpc) is 3.01. The molecule has 0 aromatic heterocycles. The van der Waals surface area contributed by atoms with Crippen molar-refractivity contribution in [2.24, 2.45) is 0 Å². The predicted octanol–water partition coefficient (Wildman–Crippen LogP) is -2.44. The molecule has 0 radical (unpaired) electrons. The van der Waals surface area contributed by atoms with Crippen LogP contribution in [0.2, 0.25) is 0 Å². The summed E-state index contributed by atoms with van der Waals surface area (Å²) in [6, 6.07) is -0.645. The fourth-order valence-electron chi connectivity index (χ4n) is 4.91. The first-order valence-electron chi connectivity index (χ1n) is 15.6. The van der Waals surface area contributed by atoms with Crippen molar-refractivity contribution in [2.45, 2.75) is 132 Å². The van der Waals surface area contributed by atoms with Gasteiger partial charge in [-0.05, 0) is 51.9 Å². The van der Waals surface area contributed by atoms with Gasteiger partial charge in [0.1, 0.15) is 42.9 Å². The van der Waals surface area contributed by atoms with E-state index >= 15 is 0 Å². The van der Waals surface area contributed by atoms with Gasteiger partial charge >= 0.3 is 0 Å². The topological polar surface area (TPSA) is 251 Å². The van der Waals surface area contributed by atoms with E-state index in [1.807, 2.05) is 0 Å². The molecule has 260 valence electrons. The third-order valence-corrected chi connectivity index (χ3v) is 7.68. The molecule has 45 heavy (non-hydrogen) atoms. The number of unbranched alkanes of at least 4 members (excludes halogenated alkanes) is 3. The van der Waals surface area contributed by atoms with Crippen LogP contribution >= 0.6 is 0 Å². The van der Waals surface area contributed by atoms with Gasteiger partial charge in [0.15, 0.2) is 18.4 Å². The predicted molar refractivity (Wildman–Crippen MR) is 154 cm³/mol. The van der Waals surface area contributed by atoms with Crippen molar-refractivity contribution in [1.82, 2.24) is 10.6 Å². The summed E-state index contributed by atoms with van der Waals surface area (Å²) in [6.07, 6.45) is -6.62. The molecular formula is C29H50N2O14. The maximum absolute atomic E-state index is 12.3. The van der Waals surface area contributed by atoms with E-state index in [0.717, 1.165) is 0 Å². The molecule has 16 nitrogen and oxygen atoms in total. The Labute approximate surface area is 262 Å². The summed E-state index contributed by atoms with van der Waals surface area (Å²) in [5.74, 6) is -0.625. The van der Waals surface area contributed by atoms with E-state index in [-0.39, 0.29) is 50.1 Å². The summed E-state index contributed by atoms with van der Waals surface area (Å²) in [5, 5.41) is 64.0. The van der Waals surface area contributed by atoms with Crippen LogP contribution in [0.1, 0.15) is 71.1 Å². The van der Waals surface area contributed by atoms with Crippen LogP contribution in [0.3, 0.4) is 0 Å². The van der Waals surface area contributed by atoms with Crippen molar-refractivity contribution in [2.75, 3.05) is 26.4 Å². The number of aldehydes is 1. The molecule has 0 aromatic carbocycles. The van der Waals surface area contributed by atoms with Crippen LogP contribution in [-0.4, -0.2) is 142 Å². The maximum Gasteiger partial charge on any atom is 0.220 e. The minimum Gasteiger partial charge on any atom is -0.394 e. The van der Waals surface area contributed by atoms with Crippen LogP contribution in [0.4, 0.5) is 0 Å². The van der Waals surface area contributed by atoms with Gasteiger partial charge in [0.2, 0.25) is 11.8 Å². The maximum atomic E-state index is 12.3. The van der Waals surface area contributed by atoms with Crippen LogP contribution in [0.15, 0.2) is 0 Å². The highest BCUT2D eigenvalue weighted by molar-refractivity contribution is 5.87. The third kappa shape index (κ3) is 13.6. The lowest BCUT2D eigenvalue weighted by molar-refractivity contribution is -0.301. The van der Waals surface area contributed by atoms with Crippen LogP contribution < -0.4 is 10.6 Å². The van der Waals surface area contributed by atoms with Gasteiger partial charge in [0.25, 0.3) is 0 Å². The number of hydrogen-bond acceptors (Lipinski definition) is 14. The lowest BCUT2D eigenvalue weighted by atomic mass is 9.99. The first kappa shape index (κ1) is 39.1. The number of rotatable bonds is 21. The third-order valence-electron chi connectivity index (χ3n) is 7.68. The van der Waals surface area contributed by atoms with E-state index in [9.17, 15) is 49.8 Å². The Morgan fingerprint density at radius 2 is 1.44 bits per heavy atom. The Morgan fingerprint density at radius 3 is 2.04 bits per heavy atom. The van der Waals surface area contributed by atoms with Crippen molar-refractivity contribution in [3.8, 4) is 0 Å². The van der Waals surface area contributed by atoms with Gasteiger partial charge in [-0.2, -0.15) is 0 Å². The van der Waals surface area contributed by atoms with Crippen molar-refractivity contribution < 1.29 is 68.8 Å². The summed E-state index contributed by atoms with van der Waals surface area (Å²) in [6.45, 7) is 1.53. The highest BCUT2D eigenvalue weighted by Gasteiger charge is 2.44. The van der Waals surface area contributed by atoms with E-state index < -0.39 is 68.0 Å². The molecule has 0 saturated carbocycles. The van der Waals surface area contributed by atoms with Crippen LogP contribution in [0, 0.1) is 0 Å². The zero-order chi connectivity index (χ0) is 33.4. The lowest BCUT2D eigenvalue weighted by Crippen LogP contribution is -2.59. The lowest BCUT2D eigenvalue weighted by Gasteiger charge is -2.39. The largest absolute Gasteiger partial charge is 0.394 e. The number of Topliss-reactive ketones (excluding diaryl/α,β-unsaturated/α-hetero) is 1. The molecule has 8 N–H and O–H groups in total. The summed E-state index contributed by atoms with van der Waals surface area (Å²) >= 11 is 0. The number of carbonyl (C=O) groups excluding carboxylic acids is 4. The van der Waals surface area contributed by atoms with Gasteiger partial charge in [-0.15, -0.1) is 0 Å². The van der Waals surface area contributed by atoms with Crippen LogP contribution in [-0.2, 0) is 38.1 Å². The summed E-state index contributed by atoms with van der Waals surface area (Å²) in [4.78, 5) is 47.3. The molecule has 0 aromatic rings. The van der Waals surface area contributed by atoms with Crippen molar-refractivity contribution in [1.29, 1.82) is 0 Å². The Morgan fingerprint density at radius 1 is 0.822 bits per heavy atom. The number of aliphatic hydroxyl groups excluding tert-OH is 6. The van der Waals surface area contributed by atoms with Crippen molar-refractivity contribution in [3.63, 3.8) is 0 Å². The Kier molecular flexibility index (Phi) is 18.1.